The molecular weight excluding hydrogens is 220 g/mol. The summed E-state index contributed by atoms with van der Waals surface area (Å²) in [5.41, 5.74) is 4.15. The summed E-state index contributed by atoms with van der Waals surface area (Å²) in [7, 11) is 2.13. The second kappa shape index (κ2) is 3.51. The second-order valence-electron chi connectivity index (χ2n) is 4.61. The van der Waals surface area contributed by atoms with Crippen LogP contribution >= 0.6 is 11.6 Å². The lowest BCUT2D eigenvalue weighted by molar-refractivity contribution is 0.553. The Balaban J connectivity index is 2.40. The maximum atomic E-state index is 6.09. The summed E-state index contributed by atoms with van der Waals surface area (Å²) in [6, 6.07) is 6.17. The standard InChI is InChI=1S/C13H15ClN2/c1-8-6-15-7-12-13(8)10-5-9(14)3-4-11(10)16(12)2/h3-5,8,15H,6-7H2,1-2H3. The third-order valence-corrected chi connectivity index (χ3v) is 3.80. The van der Waals surface area contributed by atoms with Gasteiger partial charge in [0, 0.05) is 41.8 Å². The van der Waals surface area contributed by atoms with Crippen LogP contribution in [0.5, 0.6) is 0 Å². The maximum absolute atomic E-state index is 6.09. The molecule has 1 aromatic carbocycles. The smallest absolute Gasteiger partial charge is 0.0484 e. The summed E-state index contributed by atoms with van der Waals surface area (Å²) in [5, 5.41) is 5.60. The Kier molecular flexibility index (Phi) is 2.23. The first-order valence-electron chi connectivity index (χ1n) is 5.66. The molecule has 1 N–H and O–H groups in total. The van der Waals surface area contributed by atoms with Crippen LogP contribution in [-0.2, 0) is 13.6 Å². The molecule has 1 atom stereocenters. The molecule has 2 heterocycles. The SMILES string of the molecule is CC1CNCc2c1c1cc(Cl)ccc1n2C. The summed E-state index contributed by atoms with van der Waals surface area (Å²) < 4.78 is 2.28. The van der Waals surface area contributed by atoms with Gasteiger partial charge in [0.1, 0.15) is 0 Å². The Morgan fingerprint density at radius 2 is 2.25 bits per heavy atom. The molecule has 1 unspecified atom stereocenters. The molecule has 1 aliphatic rings. The van der Waals surface area contributed by atoms with Crippen molar-refractivity contribution in [2.24, 2.45) is 7.05 Å². The van der Waals surface area contributed by atoms with Gasteiger partial charge < -0.3 is 9.88 Å². The van der Waals surface area contributed by atoms with Crippen LogP contribution in [-0.4, -0.2) is 11.1 Å². The minimum Gasteiger partial charge on any atom is -0.346 e. The molecule has 2 aromatic rings. The maximum Gasteiger partial charge on any atom is 0.0484 e. The van der Waals surface area contributed by atoms with E-state index in [1.165, 1.54) is 22.2 Å². The summed E-state index contributed by atoms with van der Waals surface area (Å²) in [5.74, 6) is 0.561. The zero-order valence-corrected chi connectivity index (χ0v) is 10.3. The van der Waals surface area contributed by atoms with Gasteiger partial charge in [0.2, 0.25) is 0 Å². The van der Waals surface area contributed by atoms with E-state index in [-0.39, 0.29) is 0 Å². The van der Waals surface area contributed by atoms with Gasteiger partial charge in [-0.15, -0.1) is 0 Å². The number of aryl methyl sites for hydroxylation is 1. The van der Waals surface area contributed by atoms with Gasteiger partial charge in [0.05, 0.1) is 0 Å². The fraction of sp³-hybridized carbons (Fsp3) is 0.385. The van der Waals surface area contributed by atoms with E-state index >= 15 is 0 Å². The van der Waals surface area contributed by atoms with Crippen molar-refractivity contribution >= 4 is 22.5 Å². The van der Waals surface area contributed by atoms with Crippen LogP contribution in [0.1, 0.15) is 24.1 Å². The lowest BCUT2D eigenvalue weighted by Gasteiger charge is -2.21. The van der Waals surface area contributed by atoms with E-state index in [9.17, 15) is 0 Å². The van der Waals surface area contributed by atoms with Crippen LogP contribution in [0.2, 0.25) is 5.02 Å². The molecule has 1 aliphatic heterocycles. The van der Waals surface area contributed by atoms with Crippen molar-refractivity contribution in [1.82, 2.24) is 9.88 Å². The summed E-state index contributed by atoms with van der Waals surface area (Å²) in [4.78, 5) is 0. The fourth-order valence-electron chi connectivity index (χ4n) is 2.77. The molecule has 3 heteroatoms. The van der Waals surface area contributed by atoms with Crippen molar-refractivity contribution in [3.63, 3.8) is 0 Å². The Morgan fingerprint density at radius 1 is 1.44 bits per heavy atom. The van der Waals surface area contributed by atoms with E-state index in [1.807, 2.05) is 6.07 Å². The van der Waals surface area contributed by atoms with Crippen LogP contribution in [0.15, 0.2) is 18.2 Å². The molecule has 3 rings (SSSR count). The highest BCUT2D eigenvalue weighted by atomic mass is 35.5. The number of nitrogens with one attached hydrogen (secondary N) is 1. The predicted octanol–water partition coefficient (Wildman–Crippen LogP) is 3.04. The van der Waals surface area contributed by atoms with Gasteiger partial charge in [-0.3, -0.25) is 0 Å². The Labute approximate surface area is 100 Å². The van der Waals surface area contributed by atoms with Crippen molar-refractivity contribution in [2.75, 3.05) is 6.54 Å². The summed E-state index contributed by atoms with van der Waals surface area (Å²) >= 11 is 6.09. The van der Waals surface area contributed by atoms with E-state index in [4.69, 9.17) is 11.6 Å². The first-order chi connectivity index (χ1) is 7.68. The van der Waals surface area contributed by atoms with Crippen LogP contribution < -0.4 is 5.32 Å². The molecule has 0 aliphatic carbocycles. The second-order valence-corrected chi connectivity index (χ2v) is 5.05. The monoisotopic (exact) mass is 234 g/mol. The predicted molar refractivity (Wildman–Crippen MR) is 68.1 cm³/mol. The molecule has 0 amide bonds. The largest absolute Gasteiger partial charge is 0.346 e. The topological polar surface area (TPSA) is 17.0 Å². The number of halogens is 1. The van der Waals surface area contributed by atoms with Crippen molar-refractivity contribution in [3.05, 3.63) is 34.5 Å². The number of fused-ring (bicyclic) bond motifs is 3. The third kappa shape index (κ3) is 1.30. The van der Waals surface area contributed by atoms with E-state index < -0.39 is 0 Å². The van der Waals surface area contributed by atoms with Gasteiger partial charge in [0.15, 0.2) is 0 Å². The molecule has 16 heavy (non-hydrogen) atoms. The van der Waals surface area contributed by atoms with Gasteiger partial charge in [-0.1, -0.05) is 18.5 Å². The first-order valence-corrected chi connectivity index (χ1v) is 6.03. The molecule has 2 nitrogen and oxygen atoms in total. The van der Waals surface area contributed by atoms with Gasteiger partial charge in [-0.25, -0.2) is 0 Å². The zero-order valence-electron chi connectivity index (χ0n) is 9.55. The highest BCUT2D eigenvalue weighted by Gasteiger charge is 2.23. The van der Waals surface area contributed by atoms with Crippen molar-refractivity contribution in [1.29, 1.82) is 0 Å². The number of rotatable bonds is 0. The molecule has 84 valence electrons. The molecule has 0 radical (unpaired) electrons. The average Bonchev–Trinajstić information content (AvgIpc) is 2.54. The van der Waals surface area contributed by atoms with Crippen LogP contribution in [0, 0.1) is 0 Å². The highest BCUT2D eigenvalue weighted by molar-refractivity contribution is 6.31. The van der Waals surface area contributed by atoms with E-state index in [2.05, 4.69) is 36.0 Å². The van der Waals surface area contributed by atoms with Gasteiger partial charge in [-0.05, 0) is 29.7 Å². The summed E-state index contributed by atoms with van der Waals surface area (Å²) in [6.45, 7) is 4.28. The number of nitrogens with zero attached hydrogens (tertiary/aromatic N) is 1. The van der Waals surface area contributed by atoms with E-state index in [0.29, 0.717) is 5.92 Å². The van der Waals surface area contributed by atoms with Gasteiger partial charge in [0.25, 0.3) is 0 Å². The molecule has 0 saturated heterocycles. The minimum atomic E-state index is 0.561. The Morgan fingerprint density at radius 3 is 3.06 bits per heavy atom. The number of benzene rings is 1. The van der Waals surface area contributed by atoms with Crippen molar-refractivity contribution < 1.29 is 0 Å². The van der Waals surface area contributed by atoms with Crippen molar-refractivity contribution in [3.8, 4) is 0 Å². The van der Waals surface area contributed by atoms with E-state index in [0.717, 1.165) is 18.1 Å². The Bertz CT molecular complexity index is 557. The molecule has 0 saturated carbocycles. The fourth-order valence-corrected chi connectivity index (χ4v) is 2.94. The Hall–Kier alpha value is -0.990. The van der Waals surface area contributed by atoms with Crippen molar-refractivity contribution in [2.45, 2.75) is 19.4 Å². The van der Waals surface area contributed by atoms with Gasteiger partial charge >= 0.3 is 0 Å². The van der Waals surface area contributed by atoms with Crippen LogP contribution in [0.4, 0.5) is 0 Å². The number of hydrogen-bond donors (Lipinski definition) is 1. The minimum absolute atomic E-state index is 0.561. The first kappa shape index (κ1) is 10.2. The third-order valence-electron chi connectivity index (χ3n) is 3.56. The highest BCUT2D eigenvalue weighted by Crippen LogP contribution is 2.34. The number of aromatic nitrogens is 1. The van der Waals surface area contributed by atoms with E-state index in [1.54, 1.807) is 0 Å². The normalized spacial score (nSPS) is 20.1. The van der Waals surface area contributed by atoms with Crippen LogP contribution in [0.3, 0.4) is 0 Å². The van der Waals surface area contributed by atoms with Gasteiger partial charge in [-0.2, -0.15) is 0 Å². The molecule has 1 aromatic heterocycles. The molecule has 0 fully saturated rings. The quantitative estimate of drug-likeness (QED) is 0.742. The summed E-state index contributed by atoms with van der Waals surface area (Å²) in [6.07, 6.45) is 0. The molecule has 0 bridgehead atoms. The lowest BCUT2D eigenvalue weighted by Crippen LogP contribution is -2.27. The zero-order chi connectivity index (χ0) is 11.3. The number of hydrogen-bond acceptors (Lipinski definition) is 1. The van der Waals surface area contributed by atoms with Crippen LogP contribution in [0.25, 0.3) is 10.9 Å². The lowest BCUT2D eigenvalue weighted by atomic mass is 9.95. The molecular formula is C13H15ClN2. The molecule has 0 spiro atoms. The average molecular weight is 235 g/mol.